The number of carbonyl (C=O) groups excluding carboxylic acids is 1. The van der Waals surface area contributed by atoms with Gasteiger partial charge in [0, 0.05) is 18.3 Å². The van der Waals surface area contributed by atoms with Crippen LogP contribution in [-0.4, -0.2) is 37.3 Å². The molecule has 26 heavy (non-hydrogen) atoms. The van der Waals surface area contributed by atoms with Gasteiger partial charge in [0.2, 0.25) is 15.9 Å². The maximum Gasteiger partial charge on any atom is 0.247 e. The molecule has 1 amide bonds. The van der Waals surface area contributed by atoms with Gasteiger partial charge in [-0.05, 0) is 55.8 Å². The first-order valence-corrected chi connectivity index (χ1v) is 9.90. The molecule has 1 aromatic carbocycles. The SMILES string of the molecule is CNS(=O)(=O)c1ccc(C=CC(=O)N(Cc2ccccn2)C2CC2)cc1. The fraction of sp³-hybridized carbons (Fsp3) is 0.263. The number of pyridine rings is 1. The van der Waals surface area contributed by atoms with Gasteiger partial charge in [-0.15, -0.1) is 0 Å². The van der Waals surface area contributed by atoms with Crippen molar-refractivity contribution in [3.63, 3.8) is 0 Å². The van der Waals surface area contributed by atoms with Gasteiger partial charge in [-0.2, -0.15) is 0 Å². The van der Waals surface area contributed by atoms with Crippen molar-refractivity contribution < 1.29 is 13.2 Å². The van der Waals surface area contributed by atoms with E-state index < -0.39 is 10.0 Å². The van der Waals surface area contributed by atoms with Gasteiger partial charge in [0.25, 0.3) is 0 Å². The highest BCUT2D eigenvalue weighted by atomic mass is 32.2. The summed E-state index contributed by atoms with van der Waals surface area (Å²) >= 11 is 0. The summed E-state index contributed by atoms with van der Waals surface area (Å²) in [4.78, 5) is 18.9. The van der Waals surface area contributed by atoms with E-state index in [-0.39, 0.29) is 16.8 Å². The topological polar surface area (TPSA) is 79.4 Å². The molecule has 0 saturated heterocycles. The summed E-state index contributed by atoms with van der Waals surface area (Å²) in [5, 5.41) is 0. The summed E-state index contributed by atoms with van der Waals surface area (Å²) in [6.07, 6.45) is 6.99. The van der Waals surface area contributed by atoms with Gasteiger partial charge in [0.1, 0.15) is 0 Å². The van der Waals surface area contributed by atoms with Gasteiger partial charge in [-0.25, -0.2) is 13.1 Å². The highest BCUT2D eigenvalue weighted by molar-refractivity contribution is 7.89. The van der Waals surface area contributed by atoms with Crippen LogP contribution in [0.15, 0.2) is 59.6 Å². The van der Waals surface area contributed by atoms with Crippen molar-refractivity contribution in [3.05, 3.63) is 66.0 Å². The van der Waals surface area contributed by atoms with Crippen molar-refractivity contribution in [2.75, 3.05) is 7.05 Å². The van der Waals surface area contributed by atoms with Crippen LogP contribution in [0.1, 0.15) is 24.1 Å². The van der Waals surface area contributed by atoms with E-state index >= 15 is 0 Å². The van der Waals surface area contributed by atoms with Gasteiger partial charge < -0.3 is 4.90 Å². The van der Waals surface area contributed by atoms with Gasteiger partial charge in [-0.1, -0.05) is 18.2 Å². The van der Waals surface area contributed by atoms with Crippen molar-refractivity contribution >= 4 is 22.0 Å². The molecular weight excluding hydrogens is 350 g/mol. The fourth-order valence-corrected chi connectivity index (χ4v) is 3.31. The number of rotatable bonds is 7. The molecule has 1 aliphatic rings. The van der Waals surface area contributed by atoms with E-state index in [2.05, 4.69) is 9.71 Å². The first kappa shape index (κ1) is 18.3. The van der Waals surface area contributed by atoms with Crippen LogP contribution in [0, 0.1) is 0 Å². The molecule has 136 valence electrons. The molecule has 1 aromatic heterocycles. The van der Waals surface area contributed by atoms with Crippen molar-refractivity contribution in [2.24, 2.45) is 0 Å². The first-order valence-electron chi connectivity index (χ1n) is 8.42. The van der Waals surface area contributed by atoms with Crippen molar-refractivity contribution in [2.45, 2.75) is 30.3 Å². The average Bonchev–Trinajstić information content (AvgIpc) is 3.50. The van der Waals surface area contributed by atoms with Gasteiger partial charge in [-0.3, -0.25) is 9.78 Å². The van der Waals surface area contributed by atoms with Crippen LogP contribution in [0.25, 0.3) is 6.08 Å². The highest BCUT2D eigenvalue weighted by Crippen LogP contribution is 2.28. The Morgan fingerprint density at radius 2 is 1.96 bits per heavy atom. The maximum absolute atomic E-state index is 12.6. The summed E-state index contributed by atoms with van der Waals surface area (Å²) in [7, 11) is -2.08. The molecule has 0 spiro atoms. The van der Waals surface area contributed by atoms with Crippen molar-refractivity contribution in [1.29, 1.82) is 0 Å². The monoisotopic (exact) mass is 371 g/mol. The summed E-state index contributed by atoms with van der Waals surface area (Å²) in [5.74, 6) is -0.0647. The largest absolute Gasteiger partial charge is 0.330 e. The van der Waals surface area contributed by atoms with E-state index in [9.17, 15) is 13.2 Å². The molecule has 7 heteroatoms. The quantitative estimate of drug-likeness (QED) is 0.757. The normalized spacial score (nSPS) is 14.5. The standard InChI is InChI=1S/C19H21N3O3S/c1-20-26(24,25)18-10-5-15(6-11-18)7-12-19(23)22(17-8-9-17)14-16-4-2-3-13-21-16/h2-7,10-13,17,20H,8-9,14H2,1H3. The van der Waals surface area contributed by atoms with E-state index in [0.29, 0.717) is 6.54 Å². The minimum Gasteiger partial charge on any atom is -0.330 e. The number of nitrogens with one attached hydrogen (secondary N) is 1. The lowest BCUT2D eigenvalue weighted by molar-refractivity contribution is -0.127. The third-order valence-electron chi connectivity index (χ3n) is 4.21. The molecule has 0 aliphatic heterocycles. The first-order chi connectivity index (χ1) is 12.5. The van der Waals surface area contributed by atoms with Crippen molar-refractivity contribution in [1.82, 2.24) is 14.6 Å². The van der Waals surface area contributed by atoms with Gasteiger partial charge in [0.05, 0.1) is 17.1 Å². The Hall–Kier alpha value is -2.51. The third-order valence-corrected chi connectivity index (χ3v) is 5.64. The number of hydrogen-bond donors (Lipinski definition) is 1. The Morgan fingerprint density at radius 1 is 1.23 bits per heavy atom. The Labute approximate surface area is 153 Å². The predicted octanol–water partition coefficient (Wildman–Crippen LogP) is 2.19. The minimum absolute atomic E-state index is 0.0647. The molecule has 0 atom stereocenters. The summed E-state index contributed by atoms with van der Waals surface area (Å²) < 4.78 is 25.7. The second kappa shape index (κ2) is 7.80. The predicted molar refractivity (Wildman–Crippen MR) is 99.5 cm³/mol. The Bertz CT molecular complexity index is 889. The zero-order valence-corrected chi connectivity index (χ0v) is 15.3. The molecule has 0 radical (unpaired) electrons. The summed E-state index contributed by atoms with van der Waals surface area (Å²) in [5.41, 5.74) is 1.63. The lowest BCUT2D eigenvalue weighted by Gasteiger charge is -2.20. The van der Waals surface area contributed by atoms with E-state index in [0.717, 1.165) is 24.1 Å². The molecule has 6 nitrogen and oxygen atoms in total. The fourth-order valence-electron chi connectivity index (χ4n) is 2.58. The number of sulfonamides is 1. The number of benzene rings is 1. The molecule has 0 bridgehead atoms. The lowest BCUT2D eigenvalue weighted by Crippen LogP contribution is -2.31. The Morgan fingerprint density at radius 3 is 2.54 bits per heavy atom. The minimum atomic E-state index is -3.45. The summed E-state index contributed by atoms with van der Waals surface area (Å²) in [6.45, 7) is 0.494. The summed E-state index contributed by atoms with van der Waals surface area (Å²) in [6, 6.07) is 12.3. The second-order valence-corrected chi connectivity index (χ2v) is 8.01. The molecule has 1 N–H and O–H groups in total. The number of nitrogens with zero attached hydrogens (tertiary/aromatic N) is 2. The Balaban J connectivity index is 1.69. The smallest absolute Gasteiger partial charge is 0.247 e. The Kier molecular flexibility index (Phi) is 5.49. The number of hydrogen-bond acceptors (Lipinski definition) is 4. The van der Waals surface area contributed by atoms with E-state index in [1.54, 1.807) is 24.4 Å². The van der Waals surface area contributed by atoms with Gasteiger partial charge in [0.15, 0.2) is 0 Å². The molecule has 3 rings (SSSR count). The maximum atomic E-state index is 12.6. The van der Waals surface area contributed by atoms with E-state index in [1.165, 1.54) is 25.3 Å². The van der Waals surface area contributed by atoms with Crippen LogP contribution < -0.4 is 4.72 Å². The van der Waals surface area contributed by atoms with Crippen LogP contribution >= 0.6 is 0 Å². The molecule has 0 unspecified atom stereocenters. The average molecular weight is 371 g/mol. The molecule has 1 fully saturated rings. The lowest BCUT2D eigenvalue weighted by atomic mass is 10.2. The highest BCUT2D eigenvalue weighted by Gasteiger charge is 2.31. The number of aromatic nitrogens is 1. The molecule has 1 saturated carbocycles. The van der Waals surface area contributed by atoms with Crippen LogP contribution in [0.5, 0.6) is 0 Å². The van der Waals surface area contributed by atoms with E-state index in [1.807, 2.05) is 23.1 Å². The number of carbonyl (C=O) groups is 1. The molecular formula is C19H21N3O3S. The zero-order valence-electron chi connectivity index (χ0n) is 14.5. The van der Waals surface area contributed by atoms with Crippen molar-refractivity contribution in [3.8, 4) is 0 Å². The second-order valence-electron chi connectivity index (χ2n) is 6.13. The molecule has 2 aromatic rings. The van der Waals surface area contributed by atoms with Gasteiger partial charge >= 0.3 is 0 Å². The van der Waals surface area contributed by atoms with Crippen LogP contribution in [0.4, 0.5) is 0 Å². The van der Waals surface area contributed by atoms with Crippen LogP contribution in [0.2, 0.25) is 0 Å². The number of amides is 1. The molecule has 1 aliphatic carbocycles. The third kappa shape index (κ3) is 4.56. The zero-order chi connectivity index (χ0) is 18.6. The van der Waals surface area contributed by atoms with Crippen LogP contribution in [-0.2, 0) is 21.4 Å². The molecule has 1 heterocycles. The van der Waals surface area contributed by atoms with Crippen LogP contribution in [0.3, 0.4) is 0 Å². The van der Waals surface area contributed by atoms with E-state index in [4.69, 9.17) is 0 Å².